The molecule has 2 rings (SSSR count). The molecule has 0 aliphatic heterocycles. The minimum atomic E-state index is -1.03. The van der Waals surface area contributed by atoms with Crippen molar-refractivity contribution >= 4 is 40.7 Å². The van der Waals surface area contributed by atoms with Gasteiger partial charge in [0.25, 0.3) is 5.69 Å². The van der Waals surface area contributed by atoms with Crippen LogP contribution in [0.4, 0.5) is 5.69 Å². The minimum Gasteiger partial charge on any atom is -0.477 e. The van der Waals surface area contributed by atoms with Gasteiger partial charge < -0.3 is 15.3 Å². The summed E-state index contributed by atoms with van der Waals surface area (Å²) in [4.78, 5) is 26.8. The summed E-state index contributed by atoms with van der Waals surface area (Å²) in [6, 6.07) is 9.97. The van der Waals surface area contributed by atoms with Gasteiger partial charge in [-0.05, 0) is 25.1 Å². The molecule has 0 spiro atoms. The number of hydrogen-bond donors (Lipinski definition) is 1. The van der Waals surface area contributed by atoms with Crippen LogP contribution in [0.3, 0.4) is 0 Å². The second-order valence-electron chi connectivity index (χ2n) is 5.03. The first kappa shape index (κ1) is 19.5. The lowest BCUT2D eigenvalue weighted by Crippen LogP contribution is -2.26. The van der Waals surface area contributed by atoms with Gasteiger partial charge in [0.1, 0.15) is 5.75 Å². The number of nitrogens with zero attached hydrogens (tertiary/aromatic N) is 2. The third kappa shape index (κ3) is 5.08. The summed E-state index contributed by atoms with van der Waals surface area (Å²) in [5, 5.41) is 14.9. The molecule has 0 amide bonds. The van der Waals surface area contributed by atoms with E-state index in [0.717, 1.165) is 0 Å². The summed E-state index contributed by atoms with van der Waals surface area (Å²) in [6.45, 7) is 1.44. The molecule has 0 saturated carbocycles. The molecule has 26 heavy (non-hydrogen) atoms. The lowest BCUT2D eigenvalue weighted by molar-refractivity contribution is -0.384. The third-order valence-electron chi connectivity index (χ3n) is 3.12. The quantitative estimate of drug-likeness (QED) is 0.262. The van der Waals surface area contributed by atoms with Crippen molar-refractivity contribution in [2.75, 3.05) is 0 Å². The predicted octanol–water partition coefficient (Wildman–Crippen LogP) is 3.53. The van der Waals surface area contributed by atoms with Crippen molar-refractivity contribution in [2.24, 2.45) is 10.9 Å². The van der Waals surface area contributed by atoms with Gasteiger partial charge in [-0.3, -0.25) is 10.1 Å². The molecule has 0 aromatic heterocycles. The van der Waals surface area contributed by atoms with Crippen LogP contribution in [-0.2, 0) is 9.63 Å². The number of nitro groups is 1. The molecule has 0 fully saturated rings. The third-order valence-corrected chi connectivity index (χ3v) is 3.65. The van der Waals surface area contributed by atoms with Crippen molar-refractivity contribution in [1.29, 1.82) is 0 Å². The van der Waals surface area contributed by atoms with Crippen molar-refractivity contribution in [3.8, 4) is 5.75 Å². The van der Waals surface area contributed by atoms with Crippen molar-refractivity contribution in [2.45, 2.75) is 13.0 Å². The number of nitro benzene ring substituents is 1. The zero-order valence-corrected chi connectivity index (χ0v) is 14.9. The highest BCUT2D eigenvalue weighted by atomic mass is 35.5. The van der Waals surface area contributed by atoms with E-state index in [1.807, 2.05) is 0 Å². The van der Waals surface area contributed by atoms with Crippen molar-refractivity contribution in [3.05, 3.63) is 68.2 Å². The summed E-state index contributed by atoms with van der Waals surface area (Å²) >= 11 is 11.7. The van der Waals surface area contributed by atoms with Gasteiger partial charge in [-0.15, -0.1) is 0 Å². The van der Waals surface area contributed by atoms with Crippen LogP contribution in [0.15, 0.2) is 47.6 Å². The first-order valence-corrected chi connectivity index (χ1v) is 7.94. The molecule has 136 valence electrons. The summed E-state index contributed by atoms with van der Waals surface area (Å²) < 4.78 is 5.39. The molecule has 1 atom stereocenters. The lowest BCUT2D eigenvalue weighted by atomic mass is 10.2. The number of benzene rings is 2. The number of oxime groups is 1. The molecular weight excluding hydrogens is 385 g/mol. The van der Waals surface area contributed by atoms with Gasteiger partial charge in [0.15, 0.2) is 11.9 Å². The van der Waals surface area contributed by atoms with E-state index in [4.69, 9.17) is 38.5 Å². The fraction of sp³-hybridized carbons (Fsp3) is 0.125. The van der Waals surface area contributed by atoms with Gasteiger partial charge in [-0.1, -0.05) is 40.5 Å². The Morgan fingerprint density at radius 1 is 1.27 bits per heavy atom. The van der Waals surface area contributed by atoms with Crippen LogP contribution in [0.1, 0.15) is 12.5 Å². The van der Waals surface area contributed by atoms with Crippen LogP contribution in [0.2, 0.25) is 10.0 Å². The largest absolute Gasteiger partial charge is 0.477 e. The Morgan fingerprint density at radius 2 is 2.00 bits per heavy atom. The van der Waals surface area contributed by atoms with Crippen LogP contribution in [-0.4, -0.2) is 22.8 Å². The van der Waals surface area contributed by atoms with Gasteiger partial charge in [0.05, 0.1) is 9.95 Å². The normalized spacial score (nSPS) is 12.3. The summed E-state index contributed by atoms with van der Waals surface area (Å²) in [5.74, 6) is -0.778. The highest BCUT2D eigenvalue weighted by Gasteiger charge is 2.19. The number of non-ortho nitro benzene ring substituents is 1. The molecule has 2 N–H and O–H groups in total. The Kier molecular flexibility index (Phi) is 6.37. The standard InChI is InChI=1S/C16H13Cl2N3O5/c1-9(25-14-6-5-11(17)8-13(14)18)16(22)26-20-15(19)10-3-2-4-12(7-10)21(23)24/h2-9H,1H3,(H2,19,20)/t9-/m1/s1. The van der Waals surface area contributed by atoms with E-state index in [9.17, 15) is 14.9 Å². The molecule has 10 heteroatoms. The first-order chi connectivity index (χ1) is 12.3. The molecule has 2 aromatic carbocycles. The maximum Gasteiger partial charge on any atom is 0.374 e. The van der Waals surface area contributed by atoms with Gasteiger partial charge in [-0.2, -0.15) is 0 Å². The van der Waals surface area contributed by atoms with E-state index in [1.165, 1.54) is 43.3 Å². The molecule has 0 aliphatic rings. The number of halogens is 2. The average Bonchev–Trinajstić information content (AvgIpc) is 2.61. The first-order valence-electron chi connectivity index (χ1n) is 7.19. The molecule has 0 heterocycles. The highest BCUT2D eigenvalue weighted by molar-refractivity contribution is 6.35. The second kappa shape index (κ2) is 8.50. The average molecular weight is 398 g/mol. The maximum atomic E-state index is 11.9. The van der Waals surface area contributed by atoms with Gasteiger partial charge >= 0.3 is 5.97 Å². The van der Waals surface area contributed by atoms with Crippen molar-refractivity contribution in [3.63, 3.8) is 0 Å². The summed E-state index contributed by atoms with van der Waals surface area (Å²) in [5.41, 5.74) is 5.75. The maximum absolute atomic E-state index is 11.9. The van der Waals surface area contributed by atoms with Crippen LogP contribution in [0, 0.1) is 10.1 Å². The summed E-state index contributed by atoms with van der Waals surface area (Å²) in [7, 11) is 0. The predicted molar refractivity (Wildman–Crippen MR) is 96.5 cm³/mol. The van der Waals surface area contributed by atoms with Gasteiger partial charge in [0.2, 0.25) is 0 Å². The number of nitrogens with two attached hydrogens (primary N) is 1. The molecule has 0 saturated heterocycles. The Balaban J connectivity index is 2.03. The fourth-order valence-electron chi connectivity index (χ4n) is 1.81. The smallest absolute Gasteiger partial charge is 0.374 e. The fourth-order valence-corrected chi connectivity index (χ4v) is 2.26. The lowest BCUT2D eigenvalue weighted by Gasteiger charge is -2.13. The van der Waals surface area contributed by atoms with E-state index >= 15 is 0 Å². The second-order valence-corrected chi connectivity index (χ2v) is 5.87. The van der Waals surface area contributed by atoms with Crippen molar-refractivity contribution in [1.82, 2.24) is 0 Å². The number of rotatable bonds is 6. The Labute approximate surface area is 158 Å². The molecule has 0 unspecified atom stereocenters. The topological polar surface area (TPSA) is 117 Å². The van der Waals surface area contributed by atoms with Gasteiger partial charge in [-0.25, -0.2) is 4.79 Å². The highest BCUT2D eigenvalue weighted by Crippen LogP contribution is 2.28. The Morgan fingerprint density at radius 3 is 2.65 bits per heavy atom. The van der Waals surface area contributed by atoms with Crippen LogP contribution >= 0.6 is 23.2 Å². The number of hydrogen-bond acceptors (Lipinski definition) is 6. The minimum absolute atomic E-state index is 0.166. The monoisotopic (exact) mass is 397 g/mol. The van der Waals surface area contributed by atoms with Crippen molar-refractivity contribution < 1.29 is 19.3 Å². The molecule has 0 bridgehead atoms. The van der Waals surface area contributed by atoms with E-state index in [0.29, 0.717) is 5.02 Å². The summed E-state index contributed by atoms with van der Waals surface area (Å²) in [6.07, 6.45) is -1.03. The zero-order chi connectivity index (χ0) is 19.3. The van der Waals surface area contributed by atoms with E-state index in [-0.39, 0.29) is 27.9 Å². The number of carbonyl (C=O) groups is 1. The Bertz CT molecular complexity index is 873. The van der Waals surface area contributed by atoms with Crippen LogP contribution in [0.25, 0.3) is 0 Å². The number of amidine groups is 1. The number of ether oxygens (including phenoxy) is 1. The molecule has 2 aromatic rings. The molecular formula is C16H13Cl2N3O5. The van der Waals surface area contributed by atoms with Crippen LogP contribution in [0.5, 0.6) is 5.75 Å². The molecule has 8 nitrogen and oxygen atoms in total. The van der Waals surface area contributed by atoms with Crippen LogP contribution < -0.4 is 10.5 Å². The molecule has 0 aliphatic carbocycles. The van der Waals surface area contributed by atoms with E-state index in [2.05, 4.69) is 5.16 Å². The SMILES string of the molecule is C[C@@H](Oc1ccc(Cl)cc1Cl)C(=O)O/N=C(/N)c1cccc([N+](=O)[O-])c1. The molecule has 0 radical (unpaired) electrons. The van der Waals surface area contributed by atoms with Gasteiger partial charge in [0, 0.05) is 22.7 Å². The zero-order valence-electron chi connectivity index (χ0n) is 13.4. The van der Waals surface area contributed by atoms with E-state index in [1.54, 1.807) is 6.07 Å². The van der Waals surface area contributed by atoms with E-state index < -0.39 is 17.0 Å². The number of carbonyl (C=O) groups excluding carboxylic acids is 1. The Hall–Kier alpha value is -2.84.